The van der Waals surface area contributed by atoms with Crippen molar-refractivity contribution in [3.63, 3.8) is 0 Å². The normalized spacial score (nSPS) is 20.0. The number of rotatable bonds is 6. The average molecular weight is 472 g/mol. The highest BCUT2D eigenvalue weighted by molar-refractivity contribution is 7.18. The Labute approximate surface area is 203 Å². The molecular formula is C28H29N3O2S. The number of aryl methyl sites for hydroxylation is 1. The Bertz CT molecular complexity index is 1360. The molecule has 0 radical (unpaired) electrons. The summed E-state index contributed by atoms with van der Waals surface area (Å²) in [5, 5.41) is 4.59. The molecule has 1 saturated heterocycles. The largest absolute Gasteiger partial charge is 0.381 e. The second kappa shape index (κ2) is 9.45. The molecule has 174 valence electrons. The number of aromatic nitrogens is 2. The molecule has 6 rings (SSSR count). The lowest BCUT2D eigenvalue weighted by atomic mass is 9.92. The summed E-state index contributed by atoms with van der Waals surface area (Å²) in [6.07, 6.45) is 5.88. The SMILES string of the molecule is O=c1c2c3c(sc2ncn1Cc1cccc(-c2ccccc2)c1)CC(NCC1CCOC1)CC3. The van der Waals surface area contributed by atoms with Gasteiger partial charge in [0.05, 0.1) is 24.9 Å². The fraction of sp³-hybridized carbons (Fsp3) is 0.357. The van der Waals surface area contributed by atoms with Crippen LogP contribution in [0.1, 0.15) is 28.8 Å². The minimum absolute atomic E-state index is 0.0853. The molecule has 0 amide bonds. The summed E-state index contributed by atoms with van der Waals surface area (Å²) in [6, 6.07) is 19.2. The number of hydrogen-bond acceptors (Lipinski definition) is 5. The zero-order valence-corrected chi connectivity index (χ0v) is 20.0. The molecule has 2 atom stereocenters. The van der Waals surface area contributed by atoms with Crippen LogP contribution in [-0.4, -0.2) is 35.4 Å². The second-order valence-corrected chi connectivity index (χ2v) is 10.6. The topological polar surface area (TPSA) is 56.2 Å². The molecule has 1 aliphatic carbocycles. The van der Waals surface area contributed by atoms with Crippen molar-refractivity contribution in [3.05, 3.63) is 87.3 Å². The average Bonchev–Trinajstić information content (AvgIpc) is 3.53. The van der Waals surface area contributed by atoms with Crippen LogP contribution in [0.25, 0.3) is 21.3 Å². The van der Waals surface area contributed by atoms with Gasteiger partial charge in [0, 0.05) is 24.1 Å². The van der Waals surface area contributed by atoms with Crippen LogP contribution in [-0.2, 0) is 24.1 Å². The number of nitrogens with one attached hydrogen (secondary N) is 1. The number of thiophene rings is 1. The third-order valence-electron chi connectivity index (χ3n) is 7.14. The molecule has 34 heavy (non-hydrogen) atoms. The third kappa shape index (κ3) is 4.33. The van der Waals surface area contributed by atoms with Crippen LogP contribution in [0.5, 0.6) is 0 Å². The number of benzene rings is 2. The zero-order chi connectivity index (χ0) is 22.9. The van der Waals surface area contributed by atoms with E-state index in [0.717, 1.165) is 66.8 Å². The monoisotopic (exact) mass is 471 g/mol. The maximum atomic E-state index is 13.5. The van der Waals surface area contributed by atoms with E-state index in [1.165, 1.54) is 16.0 Å². The molecule has 5 nitrogen and oxygen atoms in total. The quantitative estimate of drug-likeness (QED) is 0.445. The number of fused-ring (bicyclic) bond motifs is 3. The molecule has 2 aromatic heterocycles. The highest BCUT2D eigenvalue weighted by Gasteiger charge is 2.26. The Morgan fingerprint density at radius 2 is 1.97 bits per heavy atom. The van der Waals surface area contributed by atoms with Crippen molar-refractivity contribution >= 4 is 21.6 Å². The standard InChI is InChI=1S/C28H29N3O2S/c32-28-26-24-10-9-23(29-15-20-11-12-33-17-20)14-25(24)34-27(26)30-18-31(28)16-19-5-4-8-22(13-19)21-6-2-1-3-7-21/h1-8,13,18,20,23,29H,9-12,14-17H2. The maximum absolute atomic E-state index is 13.5. The van der Waals surface area contributed by atoms with Crippen LogP contribution >= 0.6 is 11.3 Å². The van der Waals surface area contributed by atoms with Gasteiger partial charge in [0.2, 0.25) is 0 Å². The number of nitrogens with zero attached hydrogens (tertiary/aromatic N) is 2. The first-order valence-corrected chi connectivity index (χ1v) is 13.0. The van der Waals surface area contributed by atoms with Crippen molar-refractivity contribution in [2.75, 3.05) is 19.8 Å². The summed E-state index contributed by atoms with van der Waals surface area (Å²) in [6.45, 7) is 3.33. The zero-order valence-electron chi connectivity index (χ0n) is 19.2. The summed E-state index contributed by atoms with van der Waals surface area (Å²) < 4.78 is 7.27. The minimum Gasteiger partial charge on any atom is -0.381 e. The molecule has 1 N–H and O–H groups in total. The van der Waals surface area contributed by atoms with Crippen LogP contribution in [0.15, 0.2) is 65.7 Å². The van der Waals surface area contributed by atoms with E-state index in [-0.39, 0.29) is 5.56 Å². The molecule has 6 heteroatoms. The fourth-order valence-corrected chi connectivity index (χ4v) is 6.50. The molecule has 0 spiro atoms. The van der Waals surface area contributed by atoms with Crippen LogP contribution in [0, 0.1) is 5.92 Å². The highest BCUT2D eigenvalue weighted by Crippen LogP contribution is 2.34. The van der Waals surface area contributed by atoms with Crippen molar-refractivity contribution < 1.29 is 4.74 Å². The van der Waals surface area contributed by atoms with Crippen LogP contribution in [0.4, 0.5) is 0 Å². The van der Waals surface area contributed by atoms with Gasteiger partial charge in [0.25, 0.3) is 5.56 Å². The lowest BCUT2D eigenvalue weighted by molar-refractivity contribution is 0.184. The van der Waals surface area contributed by atoms with E-state index < -0.39 is 0 Å². The van der Waals surface area contributed by atoms with Gasteiger partial charge in [-0.2, -0.15) is 0 Å². The molecule has 4 aromatic rings. The molecule has 2 aromatic carbocycles. The van der Waals surface area contributed by atoms with Crippen molar-refractivity contribution in [2.24, 2.45) is 5.92 Å². The van der Waals surface area contributed by atoms with Gasteiger partial charge in [-0.3, -0.25) is 9.36 Å². The van der Waals surface area contributed by atoms with Gasteiger partial charge in [-0.05, 0) is 59.9 Å². The molecule has 3 heterocycles. The van der Waals surface area contributed by atoms with Gasteiger partial charge in [0.1, 0.15) is 4.83 Å². The number of hydrogen-bond donors (Lipinski definition) is 1. The van der Waals surface area contributed by atoms with Gasteiger partial charge in [-0.25, -0.2) is 4.98 Å². The molecule has 0 bridgehead atoms. The van der Waals surface area contributed by atoms with E-state index in [1.54, 1.807) is 22.2 Å². The molecule has 2 aliphatic rings. The first kappa shape index (κ1) is 21.7. The van der Waals surface area contributed by atoms with Gasteiger partial charge in [-0.1, -0.05) is 48.5 Å². The summed E-state index contributed by atoms with van der Waals surface area (Å²) in [5.74, 6) is 0.637. The van der Waals surface area contributed by atoms with Crippen molar-refractivity contribution in [1.29, 1.82) is 0 Å². The van der Waals surface area contributed by atoms with Gasteiger partial charge < -0.3 is 10.1 Å². The predicted octanol–water partition coefficient (Wildman–Crippen LogP) is 4.66. The molecular weight excluding hydrogens is 442 g/mol. The third-order valence-corrected chi connectivity index (χ3v) is 8.30. The Balaban J connectivity index is 1.23. The minimum atomic E-state index is 0.0853. The van der Waals surface area contributed by atoms with E-state index in [2.05, 4.69) is 41.7 Å². The maximum Gasteiger partial charge on any atom is 0.262 e. The number of ether oxygens (including phenoxy) is 1. The van der Waals surface area contributed by atoms with Crippen molar-refractivity contribution in [3.8, 4) is 11.1 Å². The van der Waals surface area contributed by atoms with Crippen LogP contribution in [0.2, 0.25) is 0 Å². The van der Waals surface area contributed by atoms with E-state index >= 15 is 0 Å². The van der Waals surface area contributed by atoms with E-state index in [0.29, 0.717) is 18.5 Å². The van der Waals surface area contributed by atoms with Gasteiger partial charge >= 0.3 is 0 Å². The summed E-state index contributed by atoms with van der Waals surface area (Å²) >= 11 is 1.70. The van der Waals surface area contributed by atoms with E-state index in [4.69, 9.17) is 9.72 Å². The van der Waals surface area contributed by atoms with Crippen LogP contribution in [0.3, 0.4) is 0 Å². The van der Waals surface area contributed by atoms with E-state index in [9.17, 15) is 4.79 Å². The predicted molar refractivity (Wildman–Crippen MR) is 138 cm³/mol. The fourth-order valence-electron chi connectivity index (χ4n) is 5.24. The Morgan fingerprint density at radius 1 is 1.09 bits per heavy atom. The first-order chi connectivity index (χ1) is 16.7. The lowest BCUT2D eigenvalue weighted by Gasteiger charge is -2.24. The Kier molecular flexibility index (Phi) is 6.04. The smallest absolute Gasteiger partial charge is 0.262 e. The van der Waals surface area contributed by atoms with Gasteiger partial charge in [-0.15, -0.1) is 11.3 Å². The molecule has 1 fully saturated rings. The van der Waals surface area contributed by atoms with Gasteiger partial charge in [0.15, 0.2) is 0 Å². The summed E-state index contributed by atoms with van der Waals surface area (Å²) in [5.41, 5.74) is 4.76. The summed E-state index contributed by atoms with van der Waals surface area (Å²) in [4.78, 5) is 20.4. The molecule has 2 unspecified atom stereocenters. The second-order valence-electron chi connectivity index (χ2n) is 9.51. The van der Waals surface area contributed by atoms with Crippen molar-refractivity contribution in [2.45, 2.75) is 38.3 Å². The Morgan fingerprint density at radius 3 is 2.82 bits per heavy atom. The molecule has 0 saturated carbocycles. The molecule has 1 aliphatic heterocycles. The Hall–Kier alpha value is -2.80. The highest BCUT2D eigenvalue weighted by atomic mass is 32.1. The van der Waals surface area contributed by atoms with Crippen LogP contribution < -0.4 is 10.9 Å². The van der Waals surface area contributed by atoms with E-state index in [1.807, 2.05) is 18.2 Å². The summed E-state index contributed by atoms with van der Waals surface area (Å²) in [7, 11) is 0. The lowest BCUT2D eigenvalue weighted by Crippen LogP contribution is -2.37. The first-order valence-electron chi connectivity index (χ1n) is 12.2. The van der Waals surface area contributed by atoms with Crippen molar-refractivity contribution in [1.82, 2.24) is 14.9 Å².